The van der Waals surface area contributed by atoms with E-state index in [-0.39, 0.29) is 29.0 Å². The van der Waals surface area contributed by atoms with Gasteiger partial charge in [-0.3, -0.25) is 9.59 Å². The van der Waals surface area contributed by atoms with Crippen molar-refractivity contribution in [3.63, 3.8) is 0 Å². The zero-order valence-electron chi connectivity index (χ0n) is 16.7. The molecule has 1 fully saturated rings. The minimum atomic E-state index is -0.276. The molecule has 1 saturated heterocycles. The van der Waals surface area contributed by atoms with Crippen LogP contribution in [0.3, 0.4) is 0 Å². The maximum absolute atomic E-state index is 12.7. The fourth-order valence-corrected chi connectivity index (χ4v) is 3.47. The number of anilines is 1. The molecule has 28 heavy (non-hydrogen) atoms. The van der Waals surface area contributed by atoms with Gasteiger partial charge in [-0.15, -0.1) is 5.10 Å². The number of hydrogen-bond donors (Lipinski definition) is 1. The van der Waals surface area contributed by atoms with E-state index < -0.39 is 0 Å². The molecule has 1 aromatic heterocycles. The number of hydrogen-bond acceptors (Lipinski definition) is 4. The van der Waals surface area contributed by atoms with Crippen LogP contribution < -0.4 is 5.32 Å². The Hall–Kier alpha value is -2.96. The average molecular weight is 381 g/mol. The van der Waals surface area contributed by atoms with E-state index in [2.05, 4.69) is 43.0 Å². The first-order chi connectivity index (χ1) is 13.3. The van der Waals surface area contributed by atoms with Crippen LogP contribution >= 0.6 is 0 Å². The number of nitrogens with zero attached hydrogens (tertiary/aromatic N) is 4. The van der Waals surface area contributed by atoms with Crippen molar-refractivity contribution >= 4 is 17.5 Å². The van der Waals surface area contributed by atoms with Crippen LogP contribution in [0.2, 0.25) is 0 Å². The van der Waals surface area contributed by atoms with E-state index in [9.17, 15) is 9.59 Å². The van der Waals surface area contributed by atoms with Gasteiger partial charge in [-0.1, -0.05) is 50.8 Å². The minimum Gasteiger partial charge on any atom is -0.339 e. The Labute approximate surface area is 165 Å². The van der Waals surface area contributed by atoms with Gasteiger partial charge >= 0.3 is 0 Å². The summed E-state index contributed by atoms with van der Waals surface area (Å²) >= 11 is 0. The molecular formula is C21H27N5O2. The molecule has 0 saturated carbocycles. The van der Waals surface area contributed by atoms with Crippen molar-refractivity contribution in [1.29, 1.82) is 0 Å². The predicted octanol–water partition coefficient (Wildman–Crippen LogP) is 3.18. The highest BCUT2D eigenvalue weighted by Gasteiger charge is 2.25. The summed E-state index contributed by atoms with van der Waals surface area (Å²) < 4.78 is 1.74. The average Bonchev–Trinajstić information content (AvgIpc) is 3.17. The third-order valence-electron chi connectivity index (χ3n) is 5.05. The summed E-state index contributed by atoms with van der Waals surface area (Å²) in [6.07, 6.45) is 4.58. The predicted molar refractivity (Wildman–Crippen MR) is 108 cm³/mol. The van der Waals surface area contributed by atoms with E-state index in [0.717, 1.165) is 24.1 Å². The number of benzene rings is 1. The molecule has 1 aromatic carbocycles. The minimum absolute atomic E-state index is 0.0466. The Morgan fingerprint density at radius 2 is 1.89 bits per heavy atom. The highest BCUT2D eigenvalue weighted by Crippen LogP contribution is 2.29. The Balaban J connectivity index is 1.67. The molecule has 0 atom stereocenters. The number of nitrogens with one attached hydrogen (secondary N) is 1. The molecule has 2 heterocycles. The summed E-state index contributed by atoms with van der Waals surface area (Å²) in [6.45, 7) is 11.2. The molecule has 2 amide bonds. The Morgan fingerprint density at radius 3 is 2.54 bits per heavy atom. The topological polar surface area (TPSA) is 80.1 Å². The molecule has 0 unspecified atom stereocenters. The molecule has 0 radical (unpaired) electrons. The maximum Gasteiger partial charge on any atom is 0.277 e. The van der Waals surface area contributed by atoms with E-state index in [1.165, 1.54) is 6.08 Å². The summed E-state index contributed by atoms with van der Waals surface area (Å²) in [5.41, 5.74) is 2.05. The zero-order valence-corrected chi connectivity index (χ0v) is 16.7. The van der Waals surface area contributed by atoms with E-state index >= 15 is 0 Å². The van der Waals surface area contributed by atoms with Crippen molar-refractivity contribution in [2.45, 2.75) is 45.1 Å². The van der Waals surface area contributed by atoms with Gasteiger partial charge in [0.05, 0.1) is 12.2 Å². The second-order valence-corrected chi connectivity index (χ2v) is 8.09. The van der Waals surface area contributed by atoms with Gasteiger partial charge in [-0.2, -0.15) is 0 Å². The lowest BCUT2D eigenvalue weighted by Gasteiger charge is -2.31. The van der Waals surface area contributed by atoms with E-state index in [1.54, 1.807) is 15.8 Å². The van der Waals surface area contributed by atoms with Gasteiger partial charge in [0.15, 0.2) is 5.69 Å². The number of rotatable bonds is 4. The molecule has 148 valence electrons. The van der Waals surface area contributed by atoms with Crippen molar-refractivity contribution in [3.8, 4) is 0 Å². The third-order valence-corrected chi connectivity index (χ3v) is 5.05. The molecule has 0 spiro atoms. The lowest BCUT2D eigenvalue weighted by atomic mass is 9.86. The second-order valence-electron chi connectivity index (χ2n) is 8.09. The number of amides is 2. The highest BCUT2D eigenvalue weighted by molar-refractivity contribution is 6.03. The number of likely N-dealkylation sites (tertiary alicyclic amines) is 1. The van der Waals surface area contributed by atoms with Crippen LogP contribution in [0, 0.1) is 0 Å². The van der Waals surface area contributed by atoms with Crippen molar-refractivity contribution < 1.29 is 9.59 Å². The van der Waals surface area contributed by atoms with Gasteiger partial charge in [0.25, 0.3) is 5.91 Å². The van der Waals surface area contributed by atoms with Gasteiger partial charge in [0.2, 0.25) is 5.91 Å². The molecule has 2 aromatic rings. The van der Waals surface area contributed by atoms with Crippen molar-refractivity contribution in [2.24, 2.45) is 0 Å². The van der Waals surface area contributed by atoms with Crippen LogP contribution in [0.25, 0.3) is 0 Å². The van der Waals surface area contributed by atoms with Gasteiger partial charge in [0, 0.05) is 18.8 Å². The van der Waals surface area contributed by atoms with Crippen molar-refractivity contribution in [2.75, 3.05) is 18.4 Å². The van der Waals surface area contributed by atoms with E-state index in [0.29, 0.717) is 13.1 Å². The van der Waals surface area contributed by atoms with Crippen molar-refractivity contribution in [1.82, 2.24) is 19.9 Å². The van der Waals surface area contributed by atoms with Gasteiger partial charge < -0.3 is 10.2 Å². The van der Waals surface area contributed by atoms with Crippen LogP contribution in [-0.2, 0) is 10.2 Å². The Morgan fingerprint density at radius 1 is 1.21 bits per heavy atom. The molecule has 1 aliphatic heterocycles. The molecule has 3 rings (SSSR count). The number of carbonyl (C=O) groups excluding carboxylic acids is 2. The van der Waals surface area contributed by atoms with Crippen LogP contribution in [-0.4, -0.2) is 44.8 Å². The summed E-state index contributed by atoms with van der Waals surface area (Å²) in [7, 11) is 0. The number of carbonyl (C=O) groups is 2. The fourth-order valence-electron chi connectivity index (χ4n) is 3.47. The maximum atomic E-state index is 12.7. The summed E-state index contributed by atoms with van der Waals surface area (Å²) in [6, 6.07) is 7.92. The first-order valence-corrected chi connectivity index (χ1v) is 9.53. The number of para-hydroxylation sites is 1. The SMILES string of the molecule is C=CC(=O)N1CCC(n2cc(C(=O)Nc3ccccc3C(C)(C)C)nn2)CC1. The molecule has 1 aliphatic rings. The lowest BCUT2D eigenvalue weighted by molar-refractivity contribution is -0.127. The molecular weight excluding hydrogens is 354 g/mol. The second kappa shape index (κ2) is 7.96. The first kappa shape index (κ1) is 19.8. The first-order valence-electron chi connectivity index (χ1n) is 9.53. The van der Waals surface area contributed by atoms with Crippen LogP contribution in [0.15, 0.2) is 43.1 Å². The number of aromatic nitrogens is 3. The molecule has 0 aliphatic carbocycles. The van der Waals surface area contributed by atoms with Crippen LogP contribution in [0.1, 0.15) is 55.7 Å². The summed E-state index contributed by atoms with van der Waals surface area (Å²) in [4.78, 5) is 26.1. The Kier molecular flexibility index (Phi) is 5.63. The molecule has 1 N–H and O–H groups in total. The molecule has 0 bridgehead atoms. The largest absolute Gasteiger partial charge is 0.339 e. The normalized spacial score (nSPS) is 15.3. The van der Waals surface area contributed by atoms with E-state index in [1.807, 2.05) is 24.3 Å². The van der Waals surface area contributed by atoms with Crippen LogP contribution in [0.5, 0.6) is 0 Å². The Bertz CT molecular complexity index is 873. The molecule has 7 nitrogen and oxygen atoms in total. The highest BCUT2D eigenvalue weighted by atomic mass is 16.2. The van der Waals surface area contributed by atoms with Gasteiger partial charge in [-0.25, -0.2) is 4.68 Å². The summed E-state index contributed by atoms with van der Waals surface area (Å²) in [5.74, 6) is -0.322. The van der Waals surface area contributed by atoms with Crippen LogP contribution in [0.4, 0.5) is 5.69 Å². The zero-order chi connectivity index (χ0) is 20.3. The quantitative estimate of drug-likeness (QED) is 0.825. The van der Waals surface area contributed by atoms with Crippen molar-refractivity contribution in [3.05, 3.63) is 54.4 Å². The number of piperidine rings is 1. The van der Waals surface area contributed by atoms with Gasteiger partial charge in [0.1, 0.15) is 0 Å². The summed E-state index contributed by atoms with van der Waals surface area (Å²) in [5, 5.41) is 11.2. The standard InChI is InChI=1S/C21H27N5O2/c1-5-19(27)25-12-10-15(11-13-25)26-14-18(23-24-26)20(28)22-17-9-7-6-8-16(17)21(2,3)4/h5-9,14-15H,1,10-13H2,2-4H3,(H,22,28). The third kappa shape index (κ3) is 4.30. The van der Waals surface area contributed by atoms with Gasteiger partial charge in [-0.05, 0) is 36.0 Å². The fraction of sp³-hybridized carbons (Fsp3) is 0.429. The van der Waals surface area contributed by atoms with E-state index in [4.69, 9.17) is 0 Å². The monoisotopic (exact) mass is 381 g/mol. The smallest absolute Gasteiger partial charge is 0.277 e. The lowest BCUT2D eigenvalue weighted by Crippen LogP contribution is -2.38. The molecule has 7 heteroatoms.